The summed E-state index contributed by atoms with van der Waals surface area (Å²) in [4.78, 5) is 26.1. The van der Waals surface area contributed by atoms with Crippen LogP contribution in [0.2, 0.25) is 0 Å². The van der Waals surface area contributed by atoms with Crippen molar-refractivity contribution < 1.29 is 9.90 Å². The van der Waals surface area contributed by atoms with E-state index in [1.807, 2.05) is 0 Å². The number of nitrogens with zero attached hydrogens (tertiary/aromatic N) is 4. The number of aromatic carboxylic acids is 1. The van der Waals surface area contributed by atoms with E-state index in [9.17, 15) is 9.59 Å². The van der Waals surface area contributed by atoms with Crippen LogP contribution in [0.15, 0.2) is 45.3 Å². The van der Waals surface area contributed by atoms with E-state index >= 15 is 0 Å². The average molecular weight is 289 g/mol. The molecule has 0 amide bonds. The standard InChI is InChI=1S/C11H7N5O3S/c17-10(18)6-1-3-8(12-5-6)20-9-4-2-7-13-14-11(19)16(7)15-9/h1-5H,(H,14,19)(H,17,18). The summed E-state index contributed by atoms with van der Waals surface area (Å²) in [5, 5.41) is 20.1. The predicted molar refractivity (Wildman–Crippen MR) is 68.9 cm³/mol. The molecule has 0 aliphatic rings. The van der Waals surface area contributed by atoms with Gasteiger partial charge in [-0.1, -0.05) is 0 Å². The average Bonchev–Trinajstić information content (AvgIpc) is 2.81. The first-order valence-electron chi connectivity index (χ1n) is 5.45. The summed E-state index contributed by atoms with van der Waals surface area (Å²) in [5.41, 5.74) is 0.119. The molecule has 0 unspecified atom stereocenters. The minimum Gasteiger partial charge on any atom is -0.478 e. The molecule has 0 fully saturated rings. The molecule has 100 valence electrons. The first-order valence-corrected chi connectivity index (χ1v) is 6.27. The highest BCUT2D eigenvalue weighted by molar-refractivity contribution is 7.99. The van der Waals surface area contributed by atoms with Gasteiger partial charge in [-0.25, -0.2) is 19.7 Å². The third-order valence-electron chi connectivity index (χ3n) is 2.44. The summed E-state index contributed by atoms with van der Waals surface area (Å²) in [6.45, 7) is 0. The summed E-state index contributed by atoms with van der Waals surface area (Å²) in [6.07, 6.45) is 1.27. The number of carboxylic acid groups (broad SMARTS) is 1. The number of hydrogen-bond acceptors (Lipinski definition) is 6. The van der Waals surface area contributed by atoms with Crippen LogP contribution in [0.5, 0.6) is 0 Å². The van der Waals surface area contributed by atoms with Crippen LogP contribution in [0.25, 0.3) is 5.65 Å². The van der Waals surface area contributed by atoms with Crippen molar-refractivity contribution in [3.63, 3.8) is 0 Å². The monoisotopic (exact) mass is 289 g/mol. The van der Waals surface area contributed by atoms with Crippen molar-refractivity contribution in [2.45, 2.75) is 10.1 Å². The fourth-order valence-corrected chi connectivity index (χ4v) is 2.23. The van der Waals surface area contributed by atoms with Crippen molar-refractivity contribution >= 4 is 23.4 Å². The molecule has 0 aliphatic carbocycles. The third-order valence-corrected chi connectivity index (χ3v) is 3.32. The summed E-state index contributed by atoms with van der Waals surface area (Å²) >= 11 is 1.22. The van der Waals surface area contributed by atoms with Gasteiger partial charge < -0.3 is 5.11 Å². The Labute approximate surface area is 115 Å². The molecular formula is C11H7N5O3S. The van der Waals surface area contributed by atoms with E-state index in [1.54, 1.807) is 18.2 Å². The Kier molecular flexibility index (Phi) is 2.95. The summed E-state index contributed by atoms with van der Waals surface area (Å²) in [6, 6.07) is 6.39. The molecule has 3 heterocycles. The van der Waals surface area contributed by atoms with Crippen molar-refractivity contribution in [1.29, 1.82) is 0 Å². The normalized spacial score (nSPS) is 10.8. The number of pyridine rings is 1. The van der Waals surface area contributed by atoms with Gasteiger partial charge >= 0.3 is 11.7 Å². The van der Waals surface area contributed by atoms with Gasteiger partial charge in [0.25, 0.3) is 0 Å². The molecule has 0 saturated carbocycles. The molecule has 0 atom stereocenters. The van der Waals surface area contributed by atoms with Crippen LogP contribution in [-0.2, 0) is 0 Å². The van der Waals surface area contributed by atoms with Crippen LogP contribution in [-0.4, -0.2) is 35.9 Å². The Balaban J connectivity index is 1.90. The van der Waals surface area contributed by atoms with Gasteiger partial charge in [-0.3, -0.25) is 0 Å². The molecular weight excluding hydrogens is 282 g/mol. The minimum absolute atomic E-state index is 0.115. The molecule has 9 heteroatoms. The molecule has 0 aromatic carbocycles. The van der Waals surface area contributed by atoms with Crippen LogP contribution in [0.3, 0.4) is 0 Å². The molecule has 0 saturated heterocycles. The highest BCUT2D eigenvalue weighted by atomic mass is 32.2. The molecule has 3 aromatic rings. The van der Waals surface area contributed by atoms with Crippen molar-refractivity contribution in [3.8, 4) is 0 Å². The molecule has 20 heavy (non-hydrogen) atoms. The second-order valence-corrected chi connectivity index (χ2v) is 4.80. The van der Waals surface area contributed by atoms with Gasteiger partial charge in [0, 0.05) is 6.20 Å². The fraction of sp³-hybridized carbons (Fsp3) is 0. The Morgan fingerprint density at radius 3 is 2.75 bits per heavy atom. The van der Waals surface area contributed by atoms with Crippen molar-refractivity contribution in [2.75, 3.05) is 0 Å². The van der Waals surface area contributed by atoms with Gasteiger partial charge in [0.2, 0.25) is 0 Å². The van der Waals surface area contributed by atoms with Crippen LogP contribution in [0, 0.1) is 0 Å². The topological polar surface area (TPSA) is 113 Å². The minimum atomic E-state index is -1.03. The van der Waals surface area contributed by atoms with Crippen LogP contribution < -0.4 is 5.69 Å². The number of fused-ring (bicyclic) bond motifs is 1. The lowest BCUT2D eigenvalue weighted by Crippen LogP contribution is -2.12. The van der Waals surface area contributed by atoms with Gasteiger partial charge in [0.15, 0.2) is 5.65 Å². The SMILES string of the molecule is O=C(O)c1ccc(Sc2ccc3n[nH]c(=O)n3n2)nc1. The van der Waals surface area contributed by atoms with Gasteiger partial charge in [-0.2, -0.15) is 14.7 Å². The Morgan fingerprint density at radius 1 is 1.25 bits per heavy atom. The first-order chi connectivity index (χ1) is 9.63. The largest absolute Gasteiger partial charge is 0.478 e. The molecule has 0 spiro atoms. The van der Waals surface area contributed by atoms with Crippen LogP contribution >= 0.6 is 11.8 Å². The zero-order valence-electron chi connectivity index (χ0n) is 9.85. The number of carbonyl (C=O) groups is 1. The summed E-state index contributed by atoms with van der Waals surface area (Å²) in [7, 11) is 0. The van der Waals surface area contributed by atoms with Crippen molar-refractivity contribution in [1.82, 2.24) is 24.8 Å². The first kappa shape index (κ1) is 12.4. The highest BCUT2D eigenvalue weighted by Crippen LogP contribution is 2.23. The molecule has 8 nitrogen and oxygen atoms in total. The van der Waals surface area contributed by atoms with Crippen LogP contribution in [0.1, 0.15) is 10.4 Å². The van der Waals surface area contributed by atoms with Crippen molar-refractivity contribution in [2.24, 2.45) is 0 Å². The number of nitrogens with one attached hydrogen (secondary N) is 1. The number of H-pyrrole nitrogens is 1. The lowest BCUT2D eigenvalue weighted by molar-refractivity contribution is 0.0696. The van der Waals surface area contributed by atoms with E-state index in [2.05, 4.69) is 20.3 Å². The third kappa shape index (κ3) is 2.26. The predicted octanol–water partition coefficient (Wildman–Crippen LogP) is 0.662. The Bertz CT molecular complexity index is 839. The lowest BCUT2D eigenvalue weighted by Gasteiger charge is -2.00. The lowest BCUT2D eigenvalue weighted by atomic mass is 10.3. The van der Waals surface area contributed by atoms with Crippen LogP contribution in [0.4, 0.5) is 0 Å². The number of carboxylic acids is 1. The molecule has 0 radical (unpaired) electrons. The van der Waals surface area contributed by atoms with E-state index < -0.39 is 11.7 Å². The zero-order chi connectivity index (χ0) is 14.1. The fourth-order valence-electron chi connectivity index (χ4n) is 1.51. The maximum Gasteiger partial charge on any atom is 0.364 e. The smallest absolute Gasteiger partial charge is 0.364 e. The Hall–Kier alpha value is -2.68. The number of hydrogen-bond donors (Lipinski definition) is 2. The number of rotatable bonds is 3. The van der Waals surface area contributed by atoms with Gasteiger partial charge in [0.05, 0.1) is 5.56 Å². The molecule has 0 aliphatic heterocycles. The number of aromatic nitrogens is 5. The van der Waals surface area contributed by atoms with E-state index in [1.165, 1.54) is 24.0 Å². The highest BCUT2D eigenvalue weighted by Gasteiger charge is 2.07. The van der Waals surface area contributed by atoms with E-state index in [0.717, 1.165) is 4.52 Å². The molecule has 0 bridgehead atoms. The van der Waals surface area contributed by atoms with Crippen molar-refractivity contribution in [3.05, 3.63) is 46.5 Å². The Morgan fingerprint density at radius 2 is 2.05 bits per heavy atom. The summed E-state index contributed by atoms with van der Waals surface area (Å²) in [5.74, 6) is -1.03. The second-order valence-electron chi connectivity index (χ2n) is 3.76. The van der Waals surface area contributed by atoms with Gasteiger partial charge in [0.1, 0.15) is 10.1 Å². The second kappa shape index (κ2) is 4.78. The van der Waals surface area contributed by atoms with Gasteiger partial charge in [-0.05, 0) is 36.0 Å². The van der Waals surface area contributed by atoms with E-state index in [0.29, 0.717) is 15.7 Å². The van der Waals surface area contributed by atoms with E-state index in [4.69, 9.17) is 5.11 Å². The maximum absolute atomic E-state index is 11.4. The summed E-state index contributed by atoms with van der Waals surface area (Å²) < 4.78 is 1.15. The zero-order valence-corrected chi connectivity index (χ0v) is 10.7. The quantitative estimate of drug-likeness (QED) is 0.728. The van der Waals surface area contributed by atoms with Gasteiger partial charge in [-0.15, -0.1) is 0 Å². The molecule has 3 rings (SSSR count). The number of aromatic amines is 1. The molecule has 2 N–H and O–H groups in total. The molecule has 3 aromatic heterocycles. The van der Waals surface area contributed by atoms with E-state index in [-0.39, 0.29) is 5.56 Å². The maximum atomic E-state index is 11.4.